The Balaban J connectivity index is 1.94. The van der Waals surface area contributed by atoms with Crippen LogP contribution >= 0.6 is 11.8 Å². The molecule has 1 fully saturated rings. The van der Waals surface area contributed by atoms with E-state index in [2.05, 4.69) is 13.8 Å². The first-order valence-electron chi connectivity index (χ1n) is 5.98. The van der Waals surface area contributed by atoms with Crippen LogP contribution in [0, 0.1) is 11.8 Å². The molecule has 0 aromatic carbocycles. The minimum Gasteiger partial charge on any atom is -0.278 e. The van der Waals surface area contributed by atoms with Crippen molar-refractivity contribution >= 4 is 16.8 Å². The lowest BCUT2D eigenvalue weighted by Crippen LogP contribution is -2.14. The van der Waals surface area contributed by atoms with Crippen molar-refractivity contribution in [2.24, 2.45) is 16.8 Å². The Kier molecular flexibility index (Phi) is 3.53. The predicted molar refractivity (Wildman–Crippen MR) is 65.1 cm³/mol. The molecule has 0 saturated heterocycles. The van der Waals surface area contributed by atoms with Crippen LogP contribution in [0.4, 0.5) is 0 Å². The highest BCUT2D eigenvalue weighted by Crippen LogP contribution is 2.34. The van der Waals surface area contributed by atoms with Crippen LogP contribution in [0.15, 0.2) is 4.99 Å². The van der Waals surface area contributed by atoms with Gasteiger partial charge >= 0.3 is 0 Å². The molecule has 1 aliphatic heterocycles. The molecule has 1 atom stereocenters. The smallest absolute Gasteiger partial charge is 0.0711 e. The van der Waals surface area contributed by atoms with E-state index in [1.807, 2.05) is 11.8 Å². The van der Waals surface area contributed by atoms with E-state index in [1.54, 1.807) is 0 Å². The van der Waals surface area contributed by atoms with Gasteiger partial charge in [-0.3, -0.25) is 4.99 Å². The molecule has 2 rings (SSSR count). The van der Waals surface area contributed by atoms with Crippen LogP contribution in [0.25, 0.3) is 0 Å². The van der Waals surface area contributed by atoms with E-state index in [0.717, 1.165) is 11.8 Å². The molecule has 0 bridgehead atoms. The summed E-state index contributed by atoms with van der Waals surface area (Å²) in [7, 11) is 0. The quantitative estimate of drug-likeness (QED) is 0.678. The Hall–Kier alpha value is 0.0200. The molecule has 80 valence electrons. The van der Waals surface area contributed by atoms with Gasteiger partial charge in [-0.15, -0.1) is 11.8 Å². The number of rotatable bonds is 2. The topological polar surface area (TPSA) is 12.4 Å². The Morgan fingerprint density at radius 1 is 1.21 bits per heavy atom. The number of nitrogens with zero attached hydrogens (tertiary/aromatic N) is 1. The zero-order valence-corrected chi connectivity index (χ0v) is 10.1. The van der Waals surface area contributed by atoms with E-state index in [1.165, 1.54) is 42.9 Å². The molecule has 1 nitrogen and oxygen atoms in total. The third-order valence-corrected chi connectivity index (χ3v) is 4.66. The van der Waals surface area contributed by atoms with E-state index in [9.17, 15) is 0 Å². The van der Waals surface area contributed by atoms with Gasteiger partial charge in [-0.05, 0) is 18.8 Å². The fraction of sp³-hybridized carbons (Fsp3) is 0.917. The highest BCUT2D eigenvalue weighted by molar-refractivity contribution is 8.14. The Morgan fingerprint density at radius 3 is 2.50 bits per heavy atom. The van der Waals surface area contributed by atoms with Gasteiger partial charge in [0.1, 0.15) is 0 Å². The van der Waals surface area contributed by atoms with Crippen molar-refractivity contribution in [3.63, 3.8) is 0 Å². The fourth-order valence-electron chi connectivity index (χ4n) is 2.32. The van der Waals surface area contributed by atoms with Gasteiger partial charge in [0.2, 0.25) is 0 Å². The minimum atomic E-state index is 0.608. The molecule has 2 heteroatoms. The first-order chi connectivity index (χ1) is 6.77. The van der Waals surface area contributed by atoms with Gasteiger partial charge in [-0.1, -0.05) is 33.1 Å². The number of hydrogen-bond donors (Lipinski definition) is 0. The maximum atomic E-state index is 4.89. The molecule has 0 amide bonds. The van der Waals surface area contributed by atoms with Crippen LogP contribution in [0.2, 0.25) is 0 Å². The first-order valence-corrected chi connectivity index (χ1v) is 6.96. The van der Waals surface area contributed by atoms with Crippen molar-refractivity contribution in [3.05, 3.63) is 0 Å². The van der Waals surface area contributed by atoms with Crippen molar-refractivity contribution in [1.29, 1.82) is 0 Å². The summed E-state index contributed by atoms with van der Waals surface area (Å²) in [5.74, 6) is 2.80. The average Bonchev–Trinajstić information content (AvgIpc) is 2.68. The van der Waals surface area contributed by atoms with Crippen LogP contribution in [-0.2, 0) is 0 Å². The molecule has 0 aromatic heterocycles. The normalized spacial score (nSPS) is 29.6. The molecule has 0 radical (unpaired) electrons. The summed E-state index contributed by atoms with van der Waals surface area (Å²) in [4.78, 5) is 4.89. The number of thioether (sulfide) groups is 1. The third-order valence-electron chi connectivity index (χ3n) is 3.42. The molecule has 0 N–H and O–H groups in total. The van der Waals surface area contributed by atoms with Crippen molar-refractivity contribution < 1.29 is 0 Å². The molecule has 0 spiro atoms. The molecule has 0 unspecified atom stereocenters. The van der Waals surface area contributed by atoms with Crippen LogP contribution < -0.4 is 0 Å². The van der Waals surface area contributed by atoms with Crippen LogP contribution in [0.5, 0.6) is 0 Å². The second kappa shape index (κ2) is 4.69. The molecule has 0 aromatic rings. The lowest BCUT2D eigenvalue weighted by molar-refractivity contribution is 0.440. The largest absolute Gasteiger partial charge is 0.278 e. The van der Waals surface area contributed by atoms with Gasteiger partial charge in [-0.25, -0.2) is 0 Å². The van der Waals surface area contributed by atoms with E-state index in [4.69, 9.17) is 4.99 Å². The molecule has 14 heavy (non-hydrogen) atoms. The maximum absolute atomic E-state index is 4.89. The van der Waals surface area contributed by atoms with E-state index in [0.29, 0.717) is 6.04 Å². The highest BCUT2D eigenvalue weighted by atomic mass is 32.2. The number of hydrogen-bond acceptors (Lipinski definition) is 2. The van der Waals surface area contributed by atoms with E-state index < -0.39 is 0 Å². The summed E-state index contributed by atoms with van der Waals surface area (Å²) in [6.07, 6.45) is 7.10. The van der Waals surface area contributed by atoms with Gasteiger partial charge < -0.3 is 0 Å². The summed E-state index contributed by atoms with van der Waals surface area (Å²) >= 11 is 2.04. The molecule has 1 aliphatic carbocycles. The van der Waals surface area contributed by atoms with Crippen LogP contribution in [0.3, 0.4) is 0 Å². The molecule has 2 aliphatic rings. The SMILES string of the molecule is CC(C)[C@@H]1CSC(C2CCCCC2)=N1. The monoisotopic (exact) mass is 211 g/mol. The fourth-order valence-corrected chi connectivity index (χ4v) is 3.81. The Bertz CT molecular complexity index is 216. The van der Waals surface area contributed by atoms with Gasteiger partial charge in [-0.2, -0.15) is 0 Å². The summed E-state index contributed by atoms with van der Waals surface area (Å²) in [6.45, 7) is 4.58. The van der Waals surface area contributed by atoms with Crippen molar-refractivity contribution in [2.75, 3.05) is 5.75 Å². The highest BCUT2D eigenvalue weighted by Gasteiger charge is 2.27. The lowest BCUT2D eigenvalue weighted by Gasteiger charge is -2.20. The molecular formula is C12H21NS. The third kappa shape index (κ3) is 2.33. The second-order valence-electron chi connectivity index (χ2n) is 4.92. The summed E-state index contributed by atoms with van der Waals surface area (Å²) in [5, 5.41) is 1.49. The van der Waals surface area contributed by atoms with Gasteiger partial charge in [0, 0.05) is 11.7 Å². The van der Waals surface area contributed by atoms with Gasteiger partial charge in [0.05, 0.1) is 11.1 Å². The van der Waals surface area contributed by atoms with E-state index >= 15 is 0 Å². The Morgan fingerprint density at radius 2 is 1.93 bits per heavy atom. The van der Waals surface area contributed by atoms with Crippen molar-refractivity contribution in [1.82, 2.24) is 0 Å². The minimum absolute atomic E-state index is 0.608. The molecular weight excluding hydrogens is 190 g/mol. The number of aliphatic imine (C=N–C) groups is 1. The van der Waals surface area contributed by atoms with Crippen molar-refractivity contribution in [2.45, 2.75) is 52.0 Å². The van der Waals surface area contributed by atoms with Crippen LogP contribution in [0.1, 0.15) is 46.0 Å². The molecule has 1 heterocycles. The Labute approximate surface area is 91.8 Å². The summed E-state index contributed by atoms with van der Waals surface area (Å²) in [6, 6.07) is 0.608. The predicted octanol–water partition coefficient (Wildman–Crippen LogP) is 3.74. The van der Waals surface area contributed by atoms with Crippen LogP contribution in [-0.4, -0.2) is 16.8 Å². The van der Waals surface area contributed by atoms with Gasteiger partial charge in [0.15, 0.2) is 0 Å². The van der Waals surface area contributed by atoms with E-state index in [-0.39, 0.29) is 0 Å². The van der Waals surface area contributed by atoms with Gasteiger partial charge in [0.25, 0.3) is 0 Å². The zero-order valence-electron chi connectivity index (χ0n) is 9.33. The maximum Gasteiger partial charge on any atom is 0.0711 e. The van der Waals surface area contributed by atoms with Crippen molar-refractivity contribution in [3.8, 4) is 0 Å². The molecule has 1 saturated carbocycles. The standard InChI is InChI=1S/C12H21NS/c1-9(2)11-8-14-12(13-11)10-6-4-3-5-7-10/h9-11H,3-8H2,1-2H3/t11-/m0/s1. The first kappa shape index (κ1) is 10.5. The lowest BCUT2D eigenvalue weighted by atomic mass is 9.90. The zero-order chi connectivity index (χ0) is 9.97. The second-order valence-corrected chi connectivity index (χ2v) is 5.96. The average molecular weight is 211 g/mol. The summed E-state index contributed by atoms with van der Waals surface area (Å²) in [5.41, 5.74) is 0. The summed E-state index contributed by atoms with van der Waals surface area (Å²) < 4.78 is 0.